The van der Waals surface area contributed by atoms with E-state index in [9.17, 15) is 9.59 Å². The molecule has 2 heterocycles. The van der Waals surface area contributed by atoms with Crippen LogP contribution < -0.4 is 0 Å². The van der Waals surface area contributed by atoms with Gasteiger partial charge in [-0.15, -0.1) is 0 Å². The summed E-state index contributed by atoms with van der Waals surface area (Å²) in [5, 5.41) is 4.54. The highest BCUT2D eigenvalue weighted by molar-refractivity contribution is 14.1. The van der Waals surface area contributed by atoms with Crippen LogP contribution in [0.15, 0.2) is 12.3 Å². The van der Waals surface area contributed by atoms with Crippen molar-refractivity contribution in [1.29, 1.82) is 0 Å². The number of esters is 1. The number of halogens is 2. The Morgan fingerprint density at radius 2 is 2.21 bits per heavy atom. The Hall–Kier alpha value is -1.48. The van der Waals surface area contributed by atoms with Crippen molar-refractivity contribution in [3.05, 3.63) is 43.5 Å². The van der Waals surface area contributed by atoms with E-state index >= 15 is 0 Å². The number of fused-ring (bicyclic) bond motifs is 1. The van der Waals surface area contributed by atoms with Crippen LogP contribution in [0.5, 0.6) is 0 Å². The second-order valence-electron chi connectivity index (χ2n) is 5.69. The van der Waals surface area contributed by atoms with Gasteiger partial charge in [0.05, 0.1) is 24.3 Å². The molecule has 0 saturated heterocycles. The molecule has 3 rings (SSSR count). The third-order valence-corrected chi connectivity index (χ3v) is 5.43. The van der Waals surface area contributed by atoms with E-state index in [4.69, 9.17) is 16.3 Å². The number of hydrogen-bond donors (Lipinski definition) is 0. The number of methoxy groups -OCH3 is 1. The van der Waals surface area contributed by atoms with Gasteiger partial charge in [-0.3, -0.25) is 9.59 Å². The highest BCUT2D eigenvalue weighted by atomic mass is 127. The summed E-state index contributed by atoms with van der Waals surface area (Å²) in [4.78, 5) is 28.8. The van der Waals surface area contributed by atoms with Crippen LogP contribution in [-0.4, -0.2) is 33.8 Å². The molecule has 126 valence electrons. The lowest BCUT2D eigenvalue weighted by molar-refractivity contribution is -0.145. The number of nitrogens with zero attached hydrogens (tertiary/aromatic N) is 3. The number of pyridine rings is 1. The lowest BCUT2D eigenvalue weighted by atomic mass is 9.88. The Labute approximate surface area is 157 Å². The maximum Gasteiger partial charge on any atom is 0.309 e. The van der Waals surface area contributed by atoms with E-state index < -0.39 is 0 Å². The Morgan fingerprint density at radius 3 is 2.88 bits per heavy atom. The molecule has 0 radical (unpaired) electrons. The van der Waals surface area contributed by atoms with Crippen LogP contribution in [-0.2, 0) is 22.4 Å². The van der Waals surface area contributed by atoms with E-state index in [0.29, 0.717) is 24.8 Å². The van der Waals surface area contributed by atoms with Gasteiger partial charge in [-0.05, 0) is 54.0 Å². The molecule has 6 nitrogen and oxygen atoms in total. The molecular weight excluding hydrogens is 445 g/mol. The van der Waals surface area contributed by atoms with E-state index in [1.54, 1.807) is 19.2 Å². The Bertz CT molecular complexity index is 814. The molecule has 0 bridgehead atoms. The lowest BCUT2D eigenvalue weighted by Gasteiger charge is -2.21. The van der Waals surface area contributed by atoms with Gasteiger partial charge in [0, 0.05) is 18.2 Å². The number of carbonyl (C=O) groups excluding carboxylic acids is 2. The summed E-state index contributed by atoms with van der Waals surface area (Å²) in [5.74, 6) is -0.839. The van der Waals surface area contributed by atoms with Crippen molar-refractivity contribution >= 4 is 46.1 Å². The van der Waals surface area contributed by atoms with Crippen LogP contribution in [0.3, 0.4) is 0 Å². The smallest absolute Gasteiger partial charge is 0.309 e. The molecule has 0 aliphatic heterocycles. The van der Waals surface area contributed by atoms with Crippen LogP contribution >= 0.6 is 34.2 Å². The molecule has 8 heteroatoms. The first-order valence-electron chi connectivity index (χ1n) is 7.44. The zero-order valence-electron chi connectivity index (χ0n) is 13.2. The molecule has 1 aliphatic carbocycles. The molecular formula is C16H15ClIN3O3. The molecule has 0 saturated carbocycles. The van der Waals surface area contributed by atoms with E-state index in [1.807, 2.05) is 0 Å². The normalized spacial score (nSPS) is 16.6. The predicted molar refractivity (Wildman–Crippen MR) is 96.2 cm³/mol. The molecule has 0 aromatic carbocycles. The molecule has 1 unspecified atom stereocenters. The van der Waals surface area contributed by atoms with E-state index in [-0.39, 0.29) is 22.9 Å². The van der Waals surface area contributed by atoms with Crippen LogP contribution in [0.1, 0.15) is 33.6 Å². The zero-order chi connectivity index (χ0) is 17.4. The highest BCUT2D eigenvalue weighted by Gasteiger charge is 2.32. The van der Waals surface area contributed by atoms with E-state index in [1.165, 1.54) is 11.8 Å². The molecule has 0 fully saturated rings. The van der Waals surface area contributed by atoms with Crippen LogP contribution in [0, 0.1) is 16.5 Å². The van der Waals surface area contributed by atoms with Crippen molar-refractivity contribution < 1.29 is 14.3 Å². The minimum Gasteiger partial charge on any atom is -0.469 e. The molecule has 1 atom stereocenters. The van der Waals surface area contributed by atoms with Gasteiger partial charge < -0.3 is 4.74 Å². The molecule has 0 amide bonds. The van der Waals surface area contributed by atoms with Crippen molar-refractivity contribution in [3.8, 4) is 0 Å². The fourth-order valence-electron chi connectivity index (χ4n) is 2.99. The van der Waals surface area contributed by atoms with Crippen LogP contribution in [0.25, 0.3) is 0 Å². The fourth-order valence-corrected chi connectivity index (χ4v) is 4.07. The number of rotatable bonds is 2. The number of aromatic nitrogens is 3. The Morgan fingerprint density at radius 1 is 1.46 bits per heavy atom. The third kappa shape index (κ3) is 2.95. The van der Waals surface area contributed by atoms with Crippen molar-refractivity contribution in [2.75, 3.05) is 7.11 Å². The second-order valence-corrected chi connectivity index (χ2v) is 7.07. The summed E-state index contributed by atoms with van der Waals surface area (Å²) < 4.78 is 6.99. The summed E-state index contributed by atoms with van der Waals surface area (Å²) >= 11 is 8.24. The number of hydrogen-bond acceptors (Lipinski definition) is 5. The summed E-state index contributed by atoms with van der Waals surface area (Å²) in [5.41, 5.74) is 2.84. The second kappa shape index (κ2) is 6.79. The number of aryl methyl sites for hydroxylation is 1. The number of carbonyl (C=O) groups is 2. The van der Waals surface area contributed by atoms with Crippen molar-refractivity contribution in [2.45, 2.75) is 26.2 Å². The van der Waals surface area contributed by atoms with Gasteiger partial charge in [-0.25, -0.2) is 4.98 Å². The first-order chi connectivity index (χ1) is 11.4. The lowest BCUT2D eigenvalue weighted by Crippen LogP contribution is -2.27. The molecule has 0 spiro atoms. The van der Waals surface area contributed by atoms with Crippen LogP contribution in [0.2, 0.25) is 5.15 Å². The molecule has 24 heavy (non-hydrogen) atoms. The molecule has 0 N–H and O–H groups in total. The summed E-state index contributed by atoms with van der Waals surface area (Å²) in [6.07, 6.45) is 3.38. The monoisotopic (exact) mass is 459 g/mol. The van der Waals surface area contributed by atoms with Crippen molar-refractivity contribution in [2.24, 2.45) is 5.92 Å². The highest BCUT2D eigenvalue weighted by Crippen LogP contribution is 2.31. The quantitative estimate of drug-likeness (QED) is 0.392. The summed E-state index contributed by atoms with van der Waals surface area (Å²) in [6.45, 7) is 1.80. The largest absolute Gasteiger partial charge is 0.469 e. The Balaban J connectivity index is 2.05. The van der Waals surface area contributed by atoms with Gasteiger partial charge in [0.25, 0.3) is 5.91 Å². The Kier molecular flexibility index (Phi) is 4.91. The first kappa shape index (κ1) is 17.3. The van der Waals surface area contributed by atoms with Gasteiger partial charge in [0.1, 0.15) is 8.85 Å². The van der Waals surface area contributed by atoms with Gasteiger partial charge in [-0.1, -0.05) is 11.6 Å². The van der Waals surface area contributed by atoms with Crippen LogP contribution in [0.4, 0.5) is 0 Å². The van der Waals surface area contributed by atoms with E-state index in [2.05, 4.69) is 32.7 Å². The van der Waals surface area contributed by atoms with Crippen molar-refractivity contribution in [3.63, 3.8) is 0 Å². The maximum absolute atomic E-state index is 13.0. The fraction of sp³-hybridized carbons (Fsp3) is 0.375. The molecule has 2 aromatic rings. The predicted octanol–water partition coefficient (Wildman–Crippen LogP) is 2.81. The number of ether oxygens (including phenoxy) is 1. The SMILES string of the molecule is COC(=O)C1CCc2c(I)nn(C(=O)c3c(C)ccnc3Cl)c2C1. The standard InChI is InChI=1S/C16H15ClIN3O3/c1-8-5-6-19-13(17)12(8)15(22)21-11-7-9(16(23)24-2)3-4-10(11)14(18)20-21/h5-6,9H,3-4,7H2,1-2H3. The summed E-state index contributed by atoms with van der Waals surface area (Å²) in [6, 6.07) is 1.73. The van der Waals surface area contributed by atoms with Gasteiger partial charge >= 0.3 is 5.97 Å². The molecule has 2 aromatic heterocycles. The topological polar surface area (TPSA) is 74.1 Å². The molecule has 1 aliphatic rings. The average molecular weight is 460 g/mol. The van der Waals surface area contributed by atoms with Gasteiger partial charge in [0.15, 0.2) is 0 Å². The van der Waals surface area contributed by atoms with E-state index in [0.717, 1.165) is 20.5 Å². The average Bonchev–Trinajstić information content (AvgIpc) is 2.90. The minimum absolute atomic E-state index is 0.152. The zero-order valence-corrected chi connectivity index (χ0v) is 16.1. The maximum atomic E-state index is 13.0. The third-order valence-electron chi connectivity index (χ3n) is 4.28. The summed E-state index contributed by atoms with van der Waals surface area (Å²) in [7, 11) is 1.38. The minimum atomic E-state index is -0.324. The first-order valence-corrected chi connectivity index (χ1v) is 8.89. The van der Waals surface area contributed by atoms with Gasteiger partial charge in [-0.2, -0.15) is 9.78 Å². The van der Waals surface area contributed by atoms with Crippen molar-refractivity contribution in [1.82, 2.24) is 14.8 Å². The van der Waals surface area contributed by atoms with Gasteiger partial charge in [0.2, 0.25) is 0 Å².